The van der Waals surface area contributed by atoms with Gasteiger partial charge in [-0.05, 0) is 28.9 Å². The molecule has 0 atom stereocenters. The van der Waals surface area contributed by atoms with Gasteiger partial charge in [0.15, 0.2) is 0 Å². The molecular weight excluding hydrogens is 352 g/mol. The van der Waals surface area contributed by atoms with Crippen LogP contribution in [-0.4, -0.2) is 44.0 Å². The summed E-state index contributed by atoms with van der Waals surface area (Å²) in [6.45, 7) is -0.173. The van der Waals surface area contributed by atoms with E-state index >= 15 is 0 Å². The Morgan fingerprint density at radius 2 is 2.17 bits per heavy atom. The molecule has 0 aliphatic carbocycles. The Balaban J connectivity index is 3.12. The van der Waals surface area contributed by atoms with Crippen molar-refractivity contribution < 1.29 is 22.3 Å². The first-order valence-electron chi connectivity index (χ1n) is 4.94. The van der Waals surface area contributed by atoms with Gasteiger partial charge in [0.1, 0.15) is 0 Å². The minimum Gasteiger partial charge on any atom is -0.395 e. The first-order chi connectivity index (χ1) is 8.28. The summed E-state index contributed by atoms with van der Waals surface area (Å²) in [6.07, 6.45) is -2.78. The maximum atomic E-state index is 12.4. The standard InChI is InChI=1S/C9H12BrF2NO3S2/c1-6-7(4-8(10)17-6)18(15,16)13(2-3-14)5-9(11)12/h4,9,14H,2-3,5H2,1H3. The molecule has 0 unspecified atom stereocenters. The van der Waals surface area contributed by atoms with Crippen LogP contribution in [0.3, 0.4) is 0 Å². The zero-order valence-corrected chi connectivity index (χ0v) is 12.7. The van der Waals surface area contributed by atoms with Crippen molar-refractivity contribution in [3.05, 3.63) is 14.7 Å². The van der Waals surface area contributed by atoms with E-state index in [1.807, 2.05) is 0 Å². The Hall–Kier alpha value is -0.0900. The van der Waals surface area contributed by atoms with Crippen LogP contribution in [0.1, 0.15) is 4.88 Å². The van der Waals surface area contributed by atoms with Crippen LogP contribution in [0.4, 0.5) is 8.78 Å². The van der Waals surface area contributed by atoms with Gasteiger partial charge in [0.25, 0.3) is 6.43 Å². The highest BCUT2D eigenvalue weighted by Gasteiger charge is 2.29. The molecule has 0 radical (unpaired) electrons. The summed E-state index contributed by atoms with van der Waals surface area (Å²) in [5.41, 5.74) is 0. The van der Waals surface area contributed by atoms with Gasteiger partial charge in [0.05, 0.1) is 21.8 Å². The molecular formula is C9H12BrF2NO3S2. The van der Waals surface area contributed by atoms with Crippen LogP contribution < -0.4 is 0 Å². The van der Waals surface area contributed by atoms with Gasteiger partial charge in [0, 0.05) is 11.4 Å². The average molecular weight is 364 g/mol. The fourth-order valence-corrected chi connectivity index (χ4v) is 5.19. The second kappa shape index (κ2) is 6.38. The van der Waals surface area contributed by atoms with Crippen LogP contribution in [-0.2, 0) is 10.0 Å². The van der Waals surface area contributed by atoms with E-state index < -0.39 is 29.6 Å². The number of rotatable bonds is 6. The molecule has 0 aromatic carbocycles. The van der Waals surface area contributed by atoms with E-state index in [1.165, 1.54) is 17.4 Å². The second-order valence-electron chi connectivity index (χ2n) is 3.45. The lowest BCUT2D eigenvalue weighted by atomic mass is 10.5. The van der Waals surface area contributed by atoms with Crippen LogP contribution in [0.25, 0.3) is 0 Å². The number of aliphatic hydroxyl groups excluding tert-OH is 1. The molecule has 18 heavy (non-hydrogen) atoms. The summed E-state index contributed by atoms with van der Waals surface area (Å²) < 4.78 is 50.3. The molecule has 0 amide bonds. The Kier molecular flexibility index (Phi) is 5.66. The Morgan fingerprint density at radius 1 is 1.56 bits per heavy atom. The first-order valence-corrected chi connectivity index (χ1v) is 7.99. The van der Waals surface area contributed by atoms with E-state index in [1.54, 1.807) is 6.92 Å². The van der Waals surface area contributed by atoms with Crippen LogP contribution in [0, 0.1) is 6.92 Å². The van der Waals surface area contributed by atoms with Crippen LogP contribution in [0.2, 0.25) is 0 Å². The number of alkyl halides is 2. The molecule has 104 valence electrons. The molecule has 1 N–H and O–H groups in total. The summed E-state index contributed by atoms with van der Waals surface area (Å²) in [5.74, 6) is 0. The van der Waals surface area contributed by atoms with Crippen molar-refractivity contribution in [3.8, 4) is 0 Å². The molecule has 0 bridgehead atoms. The van der Waals surface area contributed by atoms with Gasteiger partial charge in [0.2, 0.25) is 10.0 Å². The minimum absolute atomic E-state index is 0.00604. The minimum atomic E-state index is -3.99. The monoisotopic (exact) mass is 363 g/mol. The maximum Gasteiger partial charge on any atom is 0.252 e. The summed E-state index contributed by atoms with van der Waals surface area (Å²) in [4.78, 5) is 0.507. The first kappa shape index (κ1) is 16.0. The number of halogens is 3. The quantitative estimate of drug-likeness (QED) is 0.841. The lowest BCUT2D eigenvalue weighted by molar-refractivity contribution is 0.113. The largest absolute Gasteiger partial charge is 0.395 e. The van der Waals surface area contributed by atoms with Gasteiger partial charge in [-0.15, -0.1) is 11.3 Å². The molecule has 0 saturated heterocycles. The molecule has 0 aliphatic heterocycles. The van der Waals surface area contributed by atoms with Crippen molar-refractivity contribution in [2.24, 2.45) is 0 Å². The Bertz CT molecular complexity index is 504. The lowest BCUT2D eigenvalue weighted by Crippen LogP contribution is -2.37. The van der Waals surface area contributed by atoms with E-state index in [9.17, 15) is 17.2 Å². The van der Waals surface area contributed by atoms with Crippen LogP contribution in [0.5, 0.6) is 0 Å². The third-order valence-electron chi connectivity index (χ3n) is 2.15. The third-order valence-corrected chi connectivity index (χ3v) is 5.83. The summed E-state index contributed by atoms with van der Waals surface area (Å²) in [7, 11) is -3.99. The smallest absolute Gasteiger partial charge is 0.252 e. The topological polar surface area (TPSA) is 57.6 Å². The number of aliphatic hydroxyl groups is 1. The Labute approximate surface area is 116 Å². The second-order valence-corrected chi connectivity index (χ2v) is 7.99. The predicted molar refractivity (Wildman–Crippen MR) is 68.6 cm³/mol. The fraction of sp³-hybridized carbons (Fsp3) is 0.556. The molecule has 1 aromatic rings. The van der Waals surface area contributed by atoms with Crippen molar-refractivity contribution >= 4 is 37.3 Å². The molecule has 4 nitrogen and oxygen atoms in total. The van der Waals surface area contributed by atoms with E-state index in [0.717, 1.165) is 0 Å². The molecule has 0 aliphatic rings. The number of hydrogen-bond acceptors (Lipinski definition) is 4. The average Bonchev–Trinajstić information content (AvgIpc) is 2.57. The highest BCUT2D eigenvalue weighted by Crippen LogP contribution is 2.31. The van der Waals surface area contributed by atoms with E-state index in [0.29, 0.717) is 13.0 Å². The summed E-state index contributed by atoms with van der Waals surface area (Å²) >= 11 is 4.36. The number of hydrogen-bond donors (Lipinski definition) is 1. The van der Waals surface area contributed by atoms with Crippen molar-refractivity contribution in [2.75, 3.05) is 19.7 Å². The van der Waals surface area contributed by atoms with E-state index in [4.69, 9.17) is 5.11 Å². The highest BCUT2D eigenvalue weighted by atomic mass is 79.9. The van der Waals surface area contributed by atoms with Crippen molar-refractivity contribution in [1.29, 1.82) is 0 Å². The van der Waals surface area contributed by atoms with Gasteiger partial charge in [-0.2, -0.15) is 4.31 Å². The van der Waals surface area contributed by atoms with Gasteiger partial charge in [-0.1, -0.05) is 0 Å². The van der Waals surface area contributed by atoms with Crippen molar-refractivity contribution in [1.82, 2.24) is 4.31 Å². The third kappa shape index (κ3) is 3.70. The molecule has 1 rings (SSSR count). The lowest BCUT2D eigenvalue weighted by Gasteiger charge is -2.20. The number of sulfonamides is 1. The number of aryl methyl sites for hydroxylation is 1. The van der Waals surface area contributed by atoms with Crippen molar-refractivity contribution in [2.45, 2.75) is 18.2 Å². The molecule has 0 saturated carbocycles. The van der Waals surface area contributed by atoms with E-state index in [2.05, 4.69) is 15.9 Å². The summed E-state index contributed by atoms with van der Waals surface area (Å²) in [5, 5.41) is 8.78. The number of nitrogens with zero attached hydrogens (tertiary/aromatic N) is 1. The van der Waals surface area contributed by atoms with E-state index in [-0.39, 0.29) is 11.4 Å². The Morgan fingerprint density at radius 3 is 2.56 bits per heavy atom. The summed E-state index contributed by atoms with van der Waals surface area (Å²) in [6, 6.07) is 1.38. The molecule has 0 fully saturated rings. The molecule has 9 heteroatoms. The maximum absolute atomic E-state index is 12.4. The normalized spacial score (nSPS) is 12.6. The SMILES string of the molecule is Cc1sc(Br)cc1S(=O)(=O)N(CCO)CC(F)F. The van der Waals surface area contributed by atoms with Gasteiger partial charge in [-0.3, -0.25) is 0 Å². The number of thiophene rings is 1. The molecule has 1 aromatic heterocycles. The fourth-order valence-electron chi connectivity index (χ4n) is 1.40. The molecule has 1 heterocycles. The highest BCUT2D eigenvalue weighted by molar-refractivity contribution is 9.11. The predicted octanol–water partition coefficient (Wildman–Crippen LogP) is 2.07. The van der Waals surface area contributed by atoms with Gasteiger partial charge in [-0.25, -0.2) is 17.2 Å². The van der Waals surface area contributed by atoms with Crippen LogP contribution >= 0.6 is 27.3 Å². The zero-order chi connectivity index (χ0) is 13.9. The van der Waals surface area contributed by atoms with Gasteiger partial charge < -0.3 is 5.11 Å². The molecule has 0 spiro atoms. The van der Waals surface area contributed by atoms with Crippen molar-refractivity contribution in [3.63, 3.8) is 0 Å². The van der Waals surface area contributed by atoms with Crippen LogP contribution in [0.15, 0.2) is 14.7 Å². The zero-order valence-electron chi connectivity index (χ0n) is 9.44. The van der Waals surface area contributed by atoms with Gasteiger partial charge >= 0.3 is 0 Å².